The van der Waals surface area contributed by atoms with Gasteiger partial charge in [0.25, 0.3) is 0 Å². The smallest absolute Gasteiger partial charge is 0.235 e. The Morgan fingerprint density at radius 3 is 2.82 bits per heavy atom. The molecule has 0 spiro atoms. The number of ether oxygens (including phenoxy) is 1. The summed E-state index contributed by atoms with van der Waals surface area (Å²) in [6, 6.07) is 1.88. The lowest BCUT2D eigenvalue weighted by Gasteiger charge is -2.10. The van der Waals surface area contributed by atoms with Crippen LogP contribution in [0.5, 0.6) is 5.75 Å². The Morgan fingerprint density at radius 1 is 1.41 bits per heavy atom. The molecule has 3 nitrogen and oxygen atoms in total. The first kappa shape index (κ1) is 11.7. The highest BCUT2D eigenvalue weighted by molar-refractivity contribution is 5.39. The molecule has 0 unspecified atom stereocenters. The molecule has 1 saturated carbocycles. The van der Waals surface area contributed by atoms with Gasteiger partial charge in [-0.25, -0.2) is 18.6 Å². The molecular weight excluding hydrogens is 228 g/mol. The van der Waals surface area contributed by atoms with Crippen LogP contribution in [0.25, 0.3) is 0 Å². The van der Waals surface area contributed by atoms with Gasteiger partial charge in [0.15, 0.2) is 11.6 Å². The first-order chi connectivity index (χ1) is 8.20. The molecule has 1 aromatic rings. The molecule has 0 aromatic heterocycles. The van der Waals surface area contributed by atoms with E-state index in [4.69, 9.17) is 4.74 Å². The van der Waals surface area contributed by atoms with Gasteiger partial charge in [-0.3, -0.25) is 0 Å². The van der Waals surface area contributed by atoms with Crippen molar-refractivity contribution >= 4 is 6.08 Å². The summed E-state index contributed by atoms with van der Waals surface area (Å²) in [6.45, 7) is 0.290. The number of benzene rings is 1. The maximum Gasteiger partial charge on any atom is 0.235 e. The first-order valence-electron chi connectivity index (χ1n) is 5.35. The largest absolute Gasteiger partial charge is 0.490 e. The van der Waals surface area contributed by atoms with E-state index >= 15 is 0 Å². The highest BCUT2D eigenvalue weighted by Crippen LogP contribution is 2.32. The average molecular weight is 239 g/mol. The van der Waals surface area contributed by atoms with Crippen molar-refractivity contribution in [2.45, 2.75) is 19.4 Å². The second-order valence-electron chi connectivity index (χ2n) is 4.04. The molecule has 5 heteroatoms. The fourth-order valence-corrected chi connectivity index (χ4v) is 1.50. The summed E-state index contributed by atoms with van der Waals surface area (Å²) in [6.07, 6.45) is 3.48. The van der Waals surface area contributed by atoms with Gasteiger partial charge in [-0.2, -0.15) is 0 Å². The monoisotopic (exact) mass is 239 g/mol. The molecule has 0 saturated heterocycles. The Labute approximate surface area is 97.1 Å². The molecule has 0 atom stereocenters. The van der Waals surface area contributed by atoms with Crippen LogP contribution < -0.4 is 4.74 Å². The molecule has 1 aliphatic rings. The summed E-state index contributed by atoms with van der Waals surface area (Å²) >= 11 is 0. The van der Waals surface area contributed by atoms with Crippen molar-refractivity contribution in [2.24, 2.45) is 10.9 Å². The van der Waals surface area contributed by atoms with Crippen LogP contribution in [0.4, 0.5) is 8.78 Å². The van der Waals surface area contributed by atoms with Gasteiger partial charge in [0.1, 0.15) is 5.82 Å². The number of isocyanates is 1. The molecule has 1 aromatic carbocycles. The van der Waals surface area contributed by atoms with E-state index in [1.165, 1.54) is 6.08 Å². The standard InChI is InChI=1S/C12H11F2NO2/c13-10-3-9(5-15-7-16)12(11(14)4-10)17-6-8-1-2-8/h3-4,8H,1-2,5-6H2. The summed E-state index contributed by atoms with van der Waals surface area (Å²) in [5, 5.41) is 0. The lowest BCUT2D eigenvalue weighted by atomic mass is 10.2. The van der Waals surface area contributed by atoms with Crippen LogP contribution in [-0.2, 0) is 11.3 Å². The Morgan fingerprint density at radius 2 is 2.18 bits per heavy atom. The molecule has 1 fully saturated rings. The zero-order chi connectivity index (χ0) is 12.3. The number of hydrogen-bond donors (Lipinski definition) is 0. The van der Waals surface area contributed by atoms with E-state index in [2.05, 4.69) is 4.99 Å². The van der Waals surface area contributed by atoms with Gasteiger partial charge in [-0.1, -0.05) is 0 Å². The van der Waals surface area contributed by atoms with Gasteiger partial charge >= 0.3 is 0 Å². The summed E-state index contributed by atoms with van der Waals surface area (Å²) < 4.78 is 31.8. The Hall–Kier alpha value is -1.74. The number of nitrogens with zero attached hydrogens (tertiary/aromatic N) is 1. The van der Waals surface area contributed by atoms with Crippen molar-refractivity contribution < 1.29 is 18.3 Å². The van der Waals surface area contributed by atoms with Crippen molar-refractivity contribution in [3.8, 4) is 5.75 Å². The Kier molecular flexibility index (Phi) is 3.49. The second kappa shape index (κ2) is 5.06. The number of aliphatic imine (C=N–C) groups is 1. The molecule has 17 heavy (non-hydrogen) atoms. The molecule has 0 heterocycles. The number of halogens is 2. The van der Waals surface area contributed by atoms with Gasteiger partial charge < -0.3 is 4.74 Å². The molecule has 2 rings (SSSR count). The minimum atomic E-state index is -0.762. The van der Waals surface area contributed by atoms with E-state index < -0.39 is 11.6 Å². The van der Waals surface area contributed by atoms with Crippen molar-refractivity contribution in [2.75, 3.05) is 6.61 Å². The predicted octanol–water partition coefficient (Wildman–Crippen LogP) is 2.59. The van der Waals surface area contributed by atoms with Crippen molar-refractivity contribution in [1.29, 1.82) is 0 Å². The predicted molar refractivity (Wildman–Crippen MR) is 56.4 cm³/mol. The van der Waals surface area contributed by atoms with E-state index in [-0.39, 0.29) is 17.9 Å². The van der Waals surface area contributed by atoms with Gasteiger partial charge in [-0.15, -0.1) is 0 Å². The number of carbonyl (C=O) groups excluding carboxylic acids is 1. The van der Waals surface area contributed by atoms with Crippen molar-refractivity contribution in [3.63, 3.8) is 0 Å². The van der Waals surface area contributed by atoms with E-state index in [0.717, 1.165) is 25.0 Å². The molecule has 0 N–H and O–H groups in total. The summed E-state index contributed by atoms with van der Waals surface area (Å²) in [5.41, 5.74) is 0.228. The molecule has 0 amide bonds. The summed E-state index contributed by atoms with van der Waals surface area (Å²) in [7, 11) is 0. The zero-order valence-corrected chi connectivity index (χ0v) is 9.08. The third-order valence-corrected chi connectivity index (χ3v) is 2.56. The highest BCUT2D eigenvalue weighted by Gasteiger charge is 2.23. The van der Waals surface area contributed by atoms with Gasteiger partial charge in [0.05, 0.1) is 13.2 Å². The molecule has 90 valence electrons. The quantitative estimate of drug-likeness (QED) is 0.585. The van der Waals surface area contributed by atoms with E-state index in [1.807, 2.05) is 0 Å². The van der Waals surface area contributed by atoms with Gasteiger partial charge in [0.2, 0.25) is 6.08 Å². The maximum atomic E-state index is 13.5. The Bertz CT molecular complexity index is 466. The van der Waals surface area contributed by atoms with E-state index in [9.17, 15) is 13.6 Å². The van der Waals surface area contributed by atoms with Crippen LogP contribution >= 0.6 is 0 Å². The van der Waals surface area contributed by atoms with Crippen molar-refractivity contribution in [1.82, 2.24) is 0 Å². The van der Waals surface area contributed by atoms with Crippen LogP contribution in [0.15, 0.2) is 17.1 Å². The van der Waals surface area contributed by atoms with E-state index in [1.54, 1.807) is 0 Å². The molecular formula is C12H11F2NO2. The SMILES string of the molecule is O=C=NCc1cc(F)cc(F)c1OCC1CC1. The lowest BCUT2D eigenvalue weighted by Crippen LogP contribution is -2.04. The van der Waals surface area contributed by atoms with Crippen LogP contribution in [0.1, 0.15) is 18.4 Å². The van der Waals surface area contributed by atoms with Gasteiger partial charge in [-0.05, 0) is 24.8 Å². The molecule has 1 aliphatic carbocycles. The zero-order valence-electron chi connectivity index (χ0n) is 9.08. The fourth-order valence-electron chi connectivity index (χ4n) is 1.50. The maximum absolute atomic E-state index is 13.5. The summed E-state index contributed by atoms with van der Waals surface area (Å²) in [4.78, 5) is 13.3. The third kappa shape index (κ3) is 3.11. The topological polar surface area (TPSA) is 38.7 Å². The van der Waals surface area contributed by atoms with Crippen LogP contribution in [0.3, 0.4) is 0 Å². The van der Waals surface area contributed by atoms with Crippen LogP contribution in [-0.4, -0.2) is 12.7 Å². The fraction of sp³-hybridized carbons (Fsp3) is 0.417. The van der Waals surface area contributed by atoms with Gasteiger partial charge in [0, 0.05) is 11.6 Å². The molecule has 0 bridgehead atoms. The lowest BCUT2D eigenvalue weighted by molar-refractivity contribution is 0.281. The second-order valence-corrected chi connectivity index (χ2v) is 4.04. The number of rotatable bonds is 5. The normalized spacial score (nSPS) is 14.2. The first-order valence-corrected chi connectivity index (χ1v) is 5.35. The summed E-state index contributed by atoms with van der Waals surface area (Å²) in [5.74, 6) is -1.03. The average Bonchev–Trinajstić information content (AvgIpc) is 3.08. The highest BCUT2D eigenvalue weighted by atomic mass is 19.1. The molecule has 0 aliphatic heterocycles. The minimum Gasteiger partial charge on any atom is -0.490 e. The Balaban J connectivity index is 2.21. The van der Waals surface area contributed by atoms with Crippen molar-refractivity contribution in [3.05, 3.63) is 29.3 Å². The van der Waals surface area contributed by atoms with E-state index in [0.29, 0.717) is 12.5 Å². The number of hydrogen-bond acceptors (Lipinski definition) is 3. The molecule has 0 radical (unpaired) electrons. The van der Waals surface area contributed by atoms with Crippen LogP contribution in [0.2, 0.25) is 0 Å². The minimum absolute atomic E-state index is 0.0164. The van der Waals surface area contributed by atoms with Crippen LogP contribution in [0, 0.1) is 17.6 Å². The third-order valence-electron chi connectivity index (χ3n) is 2.56.